The van der Waals surface area contributed by atoms with Gasteiger partial charge in [0.2, 0.25) is 0 Å². The number of benzene rings is 1. The van der Waals surface area contributed by atoms with Crippen molar-refractivity contribution in [1.29, 1.82) is 0 Å². The van der Waals surface area contributed by atoms with Gasteiger partial charge < -0.3 is 4.74 Å². The quantitative estimate of drug-likeness (QED) is 0.646. The largest absolute Gasteiger partial charge is 0.369 e. The minimum atomic E-state index is 0.729. The summed E-state index contributed by atoms with van der Waals surface area (Å²) in [6, 6.07) is 10.3. The maximum Gasteiger partial charge on any atom is 0.0873 e. The van der Waals surface area contributed by atoms with E-state index in [0.717, 1.165) is 19.8 Å². The van der Waals surface area contributed by atoms with Gasteiger partial charge in [-0.2, -0.15) is 0 Å². The predicted molar refractivity (Wildman–Crippen MR) is 48.4 cm³/mol. The van der Waals surface area contributed by atoms with Gasteiger partial charge in [0.05, 0.1) is 25.5 Å². The van der Waals surface area contributed by atoms with Crippen molar-refractivity contribution in [3.8, 4) is 0 Å². The molecule has 2 heteroatoms. The zero-order valence-electron chi connectivity index (χ0n) is 6.86. The van der Waals surface area contributed by atoms with Gasteiger partial charge in [-0.1, -0.05) is 30.3 Å². The van der Waals surface area contributed by atoms with Crippen LogP contribution in [0.15, 0.2) is 35.3 Å². The number of ether oxygens (including phenoxy) is 1. The molecule has 1 aromatic carbocycles. The maximum absolute atomic E-state index is 4.99. The van der Waals surface area contributed by atoms with Crippen molar-refractivity contribution in [2.45, 2.75) is 6.54 Å². The zero-order valence-corrected chi connectivity index (χ0v) is 6.86. The molecule has 0 saturated carbocycles. The lowest BCUT2D eigenvalue weighted by Crippen LogP contribution is -2.27. The highest BCUT2D eigenvalue weighted by Crippen LogP contribution is 2.03. The molecule has 0 amide bonds. The molecular weight excluding hydrogens is 150 g/mol. The van der Waals surface area contributed by atoms with Crippen LogP contribution < -0.4 is 0 Å². The van der Waals surface area contributed by atoms with Crippen molar-refractivity contribution in [3.63, 3.8) is 0 Å². The molecule has 0 bridgehead atoms. The molecule has 1 aliphatic heterocycles. The summed E-state index contributed by atoms with van der Waals surface area (Å²) in [4.78, 5) is 4.39. The Morgan fingerprint density at radius 1 is 1.17 bits per heavy atom. The Balaban J connectivity index is 1.95. The Bertz CT molecular complexity index is 273. The monoisotopic (exact) mass is 161 g/mol. The third-order valence-electron chi connectivity index (χ3n) is 1.87. The Labute approximate surface area is 71.9 Å². The summed E-state index contributed by atoms with van der Waals surface area (Å²) < 4.78 is 4.99. The molecule has 0 aliphatic carbocycles. The molecule has 2 rings (SSSR count). The fourth-order valence-corrected chi connectivity index (χ4v) is 1.07. The molecule has 0 spiro atoms. The average molecular weight is 161 g/mol. The van der Waals surface area contributed by atoms with Gasteiger partial charge in [-0.25, -0.2) is 0 Å². The topological polar surface area (TPSA) is 21.6 Å². The average Bonchev–Trinajstić information content (AvgIpc) is 2.04. The SMILES string of the molecule is c1ccc(CN=C2COC2)cc1. The first kappa shape index (κ1) is 7.50. The van der Waals surface area contributed by atoms with Crippen molar-refractivity contribution >= 4 is 5.71 Å². The second-order valence-corrected chi connectivity index (χ2v) is 2.86. The fraction of sp³-hybridized carbons (Fsp3) is 0.300. The third kappa shape index (κ3) is 1.71. The Hall–Kier alpha value is -1.15. The summed E-state index contributed by atoms with van der Waals surface area (Å²) in [5, 5.41) is 0. The molecule has 0 aromatic heterocycles. The molecule has 0 radical (unpaired) electrons. The summed E-state index contributed by atoms with van der Waals surface area (Å²) in [6.45, 7) is 2.25. The molecule has 1 aromatic rings. The zero-order chi connectivity index (χ0) is 8.23. The number of hydrogen-bond acceptors (Lipinski definition) is 2. The Kier molecular flexibility index (Phi) is 2.19. The van der Waals surface area contributed by atoms with Crippen LogP contribution in [0.3, 0.4) is 0 Å². The molecule has 12 heavy (non-hydrogen) atoms. The second kappa shape index (κ2) is 3.50. The van der Waals surface area contributed by atoms with Crippen molar-refractivity contribution in [2.24, 2.45) is 4.99 Å². The van der Waals surface area contributed by atoms with Crippen LogP contribution in [0.5, 0.6) is 0 Å². The van der Waals surface area contributed by atoms with Gasteiger partial charge in [-0.3, -0.25) is 4.99 Å². The maximum atomic E-state index is 4.99. The van der Waals surface area contributed by atoms with Crippen LogP contribution in [0, 0.1) is 0 Å². The van der Waals surface area contributed by atoms with Gasteiger partial charge in [0.25, 0.3) is 0 Å². The molecule has 2 nitrogen and oxygen atoms in total. The highest BCUT2D eigenvalue weighted by molar-refractivity contribution is 5.90. The van der Waals surface area contributed by atoms with Crippen molar-refractivity contribution in [3.05, 3.63) is 35.9 Å². The van der Waals surface area contributed by atoms with E-state index in [1.54, 1.807) is 0 Å². The van der Waals surface area contributed by atoms with Gasteiger partial charge in [-0.15, -0.1) is 0 Å². The van der Waals surface area contributed by atoms with E-state index in [0.29, 0.717) is 0 Å². The second-order valence-electron chi connectivity index (χ2n) is 2.86. The van der Waals surface area contributed by atoms with Crippen LogP contribution in [0.2, 0.25) is 0 Å². The number of nitrogens with zero attached hydrogens (tertiary/aromatic N) is 1. The number of aliphatic imine (C=N–C) groups is 1. The van der Waals surface area contributed by atoms with E-state index in [4.69, 9.17) is 4.74 Å². The van der Waals surface area contributed by atoms with Crippen molar-refractivity contribution in [2.75, 3.05) is 13.2 Å². The molecular formula is C10H11NO. The van der Waals surface area contributed by atoms with E-state index in [1.807, 2.05) is 18.2 Å². The smallest absolute Gasteiger partial charge is 0.0873 e. The standard InChI is InChI=1S/C10H11NO/c1-2-4-9(5-3-1)6-11-10-7-12-8-10/h1-5H,6-8H2. The first-order valence-electron chi connectivity index (χ1n) is 4.09. The molecule has 1 aliphatic rings. The minimum Gasteiger partial charge on any atom is -0.369 e. The van der Waals surface area contributed by atoms with Crippen LogP contribution in [0.1, 0.15) is 5.56 Å². The summed E-state index contributed by atoms with van der Waals surface area (Å²) in [5.41, 5.74) is 2.44. The van der Waals surface area contributed by atoms with E-state index >= 15 is 0 Å². The summed E-state index contributed by atoms with van der Waals surface area (Å²) in [6.07, 6.45) is 0. The van der Waals surface area contributed by atoms with E-state index in [2.05, 4.69) is 17.1 Å². The third-order valence-corrected chi connectivity index (χ3v) is 1.87. The molecule has 0 N–H and O–H groups in total. The lowest BCUT2D eigenvalue weighted by Gasteiger charge is -2.15. The Morgan fingerprint density at radius 3 is 2.50 bits per heavy atom. The lowest BCUT2D eigenvalue weighted by atomic mass is 10.2. The predicted octanol–water partition coefficient (Wildman–Crippen LogP) is 1.66. The number of rotatable bonds is 2. The summed E-state index contributed by atoms with van der Waals surface area (Å²) in [5.74, 6) is 0. The minimum absolute atomic E-state index is 0.729. The van der Waals surface area contributed by atoms with Crippen molar-refractivity contribution in [1.82, 2.24) is 0 Å². The van der Waals surface area contributed by atoms with E-state index in [9.17, 15) is 0 Å². The van der Waals surface area contributed by atoms with Crippen molar-refractivity contribution < 1.29 is 4.74 Å². The lowest BCUT2D eigenvalue weighted by molar-refractivity contribution is 0.158. The molecule has 1 saturated heterocycles. The first-order valence-corrected chi connectivity index (χ1v) is 4.09. The molecule has 1 fully saturated rings. The fourth-order valence-electron chi connectivity index (χ4n) is 1.07. The van der Waals surface area contributed by atoms with E-state index < -0.39 is 0 Å². The van der Waals surface area contributed by atoms with Crippen LogP contribution in [-0.2, 0) is 11.3 Å². The normalized spacial score (nSPS) is 15.5. The van der Waals surface area contributed by atoms with Gasteiger partial charge in [0, 0.05) is 0 Å². The van der Waals surface area contributed by atoms with E-state index in [-0.39, 0.29) is 0 Å². The molecule has 62 valence electrons. The Morgan fingerprint density at radius 2 is 1.92 bits per heavy atom. The van der Waals surface area contributed by atoms with Gasteiger partial charge in [0.1, 0.15) is 0 Å². The molecule has 0 unspecified atom stereocenters. The van der Waals surface area contributed by atoms with Crippen LogP contribution in [0.25, 0.3) is 0 Å². The van der Waals surface area contributed by atoms with Crippen LogP contribution >= 0.6 is 0 Å². The van der Waals surface area contributed by atoms with Gasteiger partial charge >= 0.3 is 0 Å². The summed E-state index contributed by atoms with van der Waals surface area (Å²) >= 11 is 0. The highest BCUT2D eigenvalue weighted by atomic mass is 16.5. The molecule has 0 atom stereocenters. The number of hydrogen-bond donors (Lipinski definition) is 0. The highest BCUT2D eigenvalue weighted by Gasteiger charge is 2.08. The van der Waals surface area contributed by atoms with Gasteiger partial charge in [0.15, 0.2) is 0 Å². The molecule has 1 heterocycles. The first-order chi connectivity index (χ1) is 5.95. The van der Waals surface area contributed by atoms with E-state index in [1.165, 1.54) is 11.3 Å². The van der Waals surface area contributed by atoms with Gasteiger partial charge in [-0.05, 0) is 5.56 Å². The van der Waals surface area contributed by atoms with Crippen LogP contribution in [-0.4, -0.2) is 18.9 Å². The summed E-state index contributed by atoms with van der Waals surface area (Å²) in [7, 11) is 0. The van der Waals surface area contributed by atoms with Crippen LogP contribution in [0.4, 0.5) is 0 Å².